The van der Waals surface area contributed by atoms with Crippen LogP contribution in [0.15, 0.2) is 30.3 Å². The van der Waals surface area contributed by atoms with Crippen LogP contribution in [0.4, 0.5) is 4.79 Å². The maximum absolute atomic E-state index is 12.3. The molecule has 1 saturated heterocycles. The smallest absolute Gasteiger partial charge is 0.308 e. The molecular formula is C18H24N2O4S. The Morgan fingerprint density at radius 1 is 1.28 bits per heavy atom. The zero-order valence-electron chi connectivity index (χ0n) is 14.6. The van der Waals surface area contributed by atoms with Crippen LogP contribution in [0.1, 0.15) is 38.3 Å². The summed E-state index contributed by atoms with van der Waals surface area (Å²) < 4.78 is 5.19. The van der Waals surface area contributed by atoms with Crippen molar-refractivity contribution in [2.45, 2.75) is 38.8 Å². The molecule has 1 fully saturated rings. The molecule has 1 aliphatic rings. The monoisotopic (exact) mass is 364 g/mol. The van der Waals surface area contributed by atoms with Gasteiger partial charge in [0.1, 0.15) is 0 Å². The van der Waals surface area contributed by atoms with E-state index in [0.29, 0.717) is 13.1 Å². The molecule has 136 valence electrons. The minimum Gasteiger partial charge on any atom is -0.463 e. The maximum Gasteiger partial charge on any atom is 0.308 e. The van der Waals surface area contributed by atoms with Gasteiger partial charge < -0.3 is 15.0 Å². The summed E-state index contributed by atoms with van der Waals surface area (Å²) in [6.45, 7) is 4.66. The summed E-state index contributed by atoms with van der Waals surface area (Å²) >= 11 is 1.28. The van der Waals surface area contributed by atoms with Crippen LogP contribution >= 0.6 is 11.8 Å². The van der Waals surface area contributed by atoms with Crippen LogP contribution in [0, 0.1) is 0 Å². The van der Waals surface area contributed by atoms with Crippen molar-refractivity contribution in [2.24, 2.45) is 0 Å². The zero-order chi connectivity index (χ0) is 18.2. The van der Waals surface area contributed by atoms with Crippen molar-refractivity contribution >= 4 is 28.9 Å². The van der Waals surface area contributed by atoms with Crippen molar-refractivity contribution in [1.29, 1.82) is 0 Å². The lowest BCUT2D eigenvalue weighted by Crippen LogP contribution is -2.34. The van der Waals surface area contributed by atoms with Gasteiger partial charge >= 0.3 is 5.97 Å². The Bertz CT molecular complexity index is 606. The number of nitrogens with one attached hydrogen (secondary N) is 1. The summed E-state index contributed by atoms with van der Waals surface area (Å²) in [4.78, 5) is 37.5. The van der Waals surface area contributed by atoms with Crippen molar-refractivity contribution in [3.63, 3.8) is 0 Å². The molecule has 1 atom stereocenters. The highest BCUT2D eigenvalue weighted by Crippen LogP contribution is 2.19. The lowest BCUT2D eigenvalue weighted by atomic mass is 10.0. The van der Waals surface area contributed by atoms with E-state index >= 15 is 0 Å². The van der Waals surface area contributed by atoms with E-state index in [1.807, 2.05) is 30.3 Å². The molecular weight excluding hydrogens is 340 g/mol. The topological polar surface area (TPSA) is 75.7 Å². The van der Waals surface area contributed by atoms with E-state index in [2.05, 4.69) is 5.32 Å². The SMILES string of the molecule is CC(C)OC(=O)C[C@@H](NC(=O)CCN1CCSC1=O)c1ccccc1. The molecule has 1 heterocycles. The number of rotatable bonds is 8. The van der Waals surface area contributed by atoms with Crippen LogP contribution in [-0.4, -0.2) is 47.0 Å². The van der Waals surface area contributed by atoms with Gasteiger partial charge in [0.2, 0.25) is 5.91 Å². The number of nitrogens with zero attached hydrogens (tertiary/aromatic N) is 1. The first-order chi connectivity index (χ1) is 12.0. The van der Waals surface area contributed by atoms with E-state index in [1.54, 1.807) is 18.7 Å². The summed E-state index contributed by atoms with van der Waals surface area (Å²) in [5.74, 6) is 0.236. The normalized spacial score (nSPS) is 15.3. The highest BCUT2D eigenvalue weighted by atomic mass is 32.2. The Morgan fingerprint density at radius 3 is 2.60 bits per heavy atom. The summed E-state index contributed by atoms with van der Waals surface area (Å²) in [6.07, 6.45) is 0.0969. The molecule has 0 bridgehead atoms. The summed E-state index contributed by atoms with van der Waals surface area (Å²) in [5.41, 5.74) is 0.851. The average molecular weight is 364 g/mol. The Kier molecular flexibility index (Phi) is 7.31. The molecule has 1 N–H and O–H groups in total. The van der Waals surface area contributed by atoms with Crippen molar-refractivity contribution < 1.29 is 19.1 Å². The molecule has 0 spiro atoms. The Labute approximate surface area is 152 Å². The van der Waals surface area contributed by atoms with Gasteiger partial charge in [0.15, 0.2) is 0 Å². The molecule has 25 heavy (non-hydrogen) atoms. The van der Waals surface area contributed by atoms with Gasteiger partial charge in [-0.05, 0) is 19.4 Å². The van der Waals surface area contributed by atoms with Crippen molar-refractivity contribution in [2.75, 3.05) is 18.8 Å². The van der Waals surface area contributed by atoms with Crippen LogP contribution in [0.25, 0.3) is 0 Å². The highest BCUT2D eigenvalue weighted by Gasteiger charge is 2.23. The third kappa shape index (κ3) is 6.42. The Balaban J connectivity index is 1.93. The fourth-order valence-corrected chi connectivity index (χ4v) is 3.40. The van der Waals surface area contributed by atoms with E-state index in [9.17, 15) is 14.4 Å². The quantitative estimate of drug-likeness (QED) is 0.718. The number of benzene rings is 1. The average Bonchev–Trinajstić information content (AvgIpc) is 2.97. The number of thioether (sulfide) groups is 1. The van der Waals surface area contributed by atoms with Gasteiger partial charge in [0.05, 0.1) is 18.6 Å². The number of hydrogen-bond donors (Lipinski definition) is 1. The van der Waals surface area contributed by atoms with E-state index < -0.39 is 6.04 Å². The predicted molar refractivity (Wildman–Crippen MR) is 97.2 cm³/mol. The first-order valence-electron chi connectivity index (χ1n) is 8.41. The summed E-state index contributed by atoms with van der Waals surface area (Å²) in [7, 11) is 0. The standard InChI is InChI=1S/C18H24N2O4S/c1-13(2)24-17(22)12-15(14-6-4-3-5-7-14)19-16(21)8-9-20-10-11-25-18(20)23/h3-7,13,15H,8-12H2,1-2H3,(H,19,21)/t15-/m1/s1. The largest absolute Gasteiger partial charge is 0.463 e. The number of ether oxygens (including phenoxy) is 1. The van der Waals surface area contributed by atoms with Gasteiger partial charge in [0, 0.05) is 25.3 Å². The first kappa shape index (κ1) is 19.3. The van der Waals surface area contributed by atoms with Crippen LogP contribution in [0.5, 0.6) is 0 Å². The van der Waals surface area contributed by atoms with E-state index in [4.69, 9.17) is 4.74 Å². The second kappa shape index (κ2) is 9.46. The van der Waals surface area contributed by atoms with Gasteiger partial charge in [-0.25, -0.2) is 0 Å². The molecule has 0 saturated carbocycles. The Hall–Kier alpha value is -2.02. The molecule has 1 aromatic rings. The van der Waals surface area contributed by atoms with Crippen molar-refractivity contribution in [3.05, 3.63) is 35.9 Å². The van der Waals surface area contributed by atoms with E-state index in [0.717, 1.165) is 11.3 Å². The molecule has 0 unspecified atom stereocenters. The lowest BCUT2D eigenvalue weighted by molar-refractivity contribution is -0.148. The highest BCUT2D eigenvalue weighted by molar-refractivity contribution is 8.13. The molecule has 0 aromatic heterocycles. The molecule has 1 aromatic carbocycles. The minimum atomic E-state index is -0.441. The fourth-order valence-electron chi connectivity index (χ4n) is 2.55. The molecule has 2 rings (SSSR count). The van der Waals surface area contributed by atoms with Crippen molar-refractivity contribution in [1.82, 2.24) is 10.2 Å². The number of esters is 1. The van der Waals surface area contributed by atoms with Crippen LogP contribution < -0.4 is 5.32 Å². The molecule has 0 aliphatic carbocycles. The predicted octanol–water partition coefficient (Wildman–Crippen LogP) is 2.74. The number of carbonyl (C=O) groups is 3. The second-order valence-electron chi connectivity index (χ2n) is 6.12. The lowest BCUT2D eigenvalue weighted by Gasteiger charge is -2.20. The third-order valence-electron chi connectivity index (χ3n) is 3.73. The van der Waals surface area contributed by atoms with E-state index in [1.165, 1.54) is 11.8 Å². The van der Waals surface area contributed by atoms with Crippen LogP contribution in [0.3, 0.4) is 0 Å². The first-order valence-corrected chi connectivity index (χ1v) is 9.39. The molecule has 7 heteroatoms. The van der Waals surface area contributed by atoms with E-state index in [-0.39, 0.29) is 36.1 Å². The third-order valence-corrected chi connectivity index (χ3v) is 4.62. The van der Waals surface area contributed by atoms with Gasteiger partial charge in [0.25, 0.3) is 5.24 Å². The van der Waals surface area contributed by atoms with Crippen LogP contribution in [-0.2, 0) is 14.3 Å². The van der Waals surface area contributed by atoms with Gasteiger partial charge in [-0.2, -0.15) is 0 Å². The maximum atomic E-state index is 12.3. The Morgan fingerprint density at radius 2 is 2.00 bits per heavy atom. The zero-order valence-corrected chi connectivity index (χ0v) is 15.4. The van der Waals surface area contributed by atoms with Crippen LogP contribution in [0.2, 0.25) is 0 Å². The summed E-state index contributed by atoms with van der Waals surface area (Å²) in [6, 6.07) is 8.90. The number of hydrogen-bond acceptors (Lipinski definition) is 5. The van der Waals surface area contributed by atoms with Crippen molar-refractivity contribution in [3.8, 4) is 0 Å². The molecule has 2 amide bonds. The number of amides is 2. The summed E-state index contributed by atoms with van der Waals surface area (Å²) in [5, 5.41) is 2.91. The fraction of sp³-hybridized carbons (Fsp3) is 0.500. The van der Waals surface area contributed by atoms with Gasteiger partial charge in [-0.3, -0.25) is 14.4 Å². The van der Waals surface area contributed by atoms with Gasteiger partial charge in [-0.15, -0.1) is 0 Å². The number of carbonyl (C=O) groups excluding carboxylic acids is 3. The van der Waals surface area contributed by atoms with Gasteiger partial charge in [-0.1, -0.05) is 42.1 Å². The minimum absolute atomic E-state index is 0.0212. The molecule has 0 radical (unpaired) electrons. The molecule has 1 aliphatic heterocycles. The second-order valence-corrected chi connectivity index (χ2v) is 7.17. The molecule has 6 nitrogen and oxygen atoms in total.